The maximum atomic E-state index is 6.57. The number of fused-ring (bicyclic) bond motifs is 3. The summed E-state index contributed by atoms with van der Waals surface area (Å²) < 4.78 is 12.4. The summed E-state index contributed by atoms with van der Waals surface area (Å²) in [7, 11) is 0. The molecular formula is C21H28Cl2O2. The Morgan fingerprint density at radius 2 is 1.80 bits per heavy atom. The third-order valence-electron chi connectivity index (χ3n) is 7.00. The minimum Gasteiger partial charge on any atom is -0.487 e. The van der Waals surface area contributed by atoms with Gasteiger partial charge in [-0.15, -0.1) is 23.2 Å². The van der Waals surface area contributed by atoms with E-state index in [2.05, 4.69) is 45.9 Å². The monoisotopic (exact) mass is 382 g/mol. The maximum absolute atomic E-state index is 6.57. The van der Waals surface area contributed by atoms with Gasteiger partial charge in [-0.1, -0.05) is 32.0 Å². The van der Waals surface area contributed by atoms with Gasteiger partial charge < -0.3 is 9.47 Å². The number of para-hydroxylation sites is 1. The minimum atomic E-state index is -0.604. The summed E-state index contributed by atoms with van der Waals surface area (Å²) in [4.78, 5) is 0. The summed E-state index contributed by atoms with van der Waals surface area (Å²) in [6.07, 6.45) is 4.59. The van der Waals surface area contributed by atoms with Crippen LogP contribution in [0.4, 0.5) is 0 Å². The number of hydrogen-bond donors (Lipinski definition) is 0. The number of rotatable bonds is 3. The van der Waals surface area contributed by atoms with Gasteiger partial charge >= 0.3 is 0 Å². The normalized spacial score (nSPS) is 40.6. The molecular weight excluding hydrogens is 355 g/mol. The lowest BCUT2D eigenvalue weighted by Crippen LogP contribution is -2.50. The first-order valence-corrected chi connectivity index (χ1v) is 10.2. The molecule has 0 N–H and O–H groups in total. The lowest BCUT2D eigenvalue weighted by Gasteiger charge is -2.50. The van der Waals surface area contributed by atoms with E-state index in [4.69, 9.17) is 32.7 Å². The third kappa shape index (κ3) is 2.71. The third-order valence-corrected chi connectivity index (χ3v) is 8.50. The van der Waals surface area contributed by atoms with Gasteiger partial charge in [0.25, 0.3) is 0 Å². The van der Waals surface area contributed by atoms with Gasteiger partial charge in [0.1, 0.15) is 15.7 Å². The predicted molar refractivity (Wildman–Crippen MR) is 102 cm³/mol. The molecule has 1 saturated carbocycles. The van der Waals surface area contributed by atoms with Crippen LogP contribution in [0.3, 0.4) is 0 Å². The Labute approximate surface area is 161 Å². The lowest BCUT2D eigenvalue weighted by atomic mass is 9.72. The molecule has 0 aromatic heterocycles. The maximum Gasteiger partial charge on any atom is 0.127 e. The molecule has 4 rings (SSSR count). The fourth-order valence-corrected chi connectivity index (χ4v) is 5.91. The highest BCUT2D eigenvalue weighted by atomic mass is 35.5. The fraction of sp³-hybridized carbons (Fsp3) is 0.714. The van der Waals surface area contributed by atoms with E-state index in [-0.39, 0.29) is 17.1 Å². The van der Waals surface area contributed by atoms with Crippen LogP contribution in [-0.2, 0) is 4.74 Å². The van der Waals surface area contributed by atoms with E-state index in [0.29, 0.717) is 17.9 Å². The van der Waals surface area contributed by atoms with Gasteiger partial charge in [-0.05, 0) is 45.6 Å². The Morgan fingerprint density at radius 1 is 1.12 bits per heavy atom. The largest absolute Gasteiger partial charge is 0.487 e. The Kier molecular flexibility index (Phi) is 4.15. The van der Waals surface area contributed by atoms with E-state index in [1.165, 1.54) is 5.56 Å². The molecule has 0 radical (unpaired) electrons. The van der Waals surface area contributed by atoms with E-state index in [0.717, 1.165) is 31.4 Å². The van der Waals surface area contributed by atoms with Crippen molar-refractivity contribution in [3.63, 3.8) is 0 Å². The van der Waals surface area contributed by atoms with Crippen LogP contribution in [0.5, 0.6) is 5.75 Å². The van der Waals surface area contributed by atoms with E-state index >= 15 is 0 Å². The Bertz CT molecular complexity index is 658. The molecule has 1 aliphatic carbocycles. The number of ether oxygens (including phenoxy) is 2. The number of benzene rings is 1. The summed E-state index contributed by atoms with van der Waals surface area (Å²) in [6, 6.07) is 8.34. The van der Waals surface area contributed by atoms with E-state index in [9.17, 15) is 0 Å². The first kappa shape index (κ1) is 17.9. The van der Waals surface area contributed by atoms with Crippen LogP contribution < -0.4 is 4.74 Å². The average Bonchev–Trinajstić information content (AvgIpc) is 2.94. The van der Waals surface area contributed by atoms with Crippen molar-refractivity contribution in [1.82, 2.24) is 0 Å². The van der Waals surface area contributed by atoms with Crippen molar-refractivity contribution >= 4 is 23.2 Å². The molecule has 1 saturated heterocycles. The van der Waals surface area contributed by atoms with E-state index in [1.807, 2.05) is 6.07 Å². The van der Waals surface area contributed by atoms with Gasteiger partial charge in [0.05, 0.1) is 12.2 Å². The molecule has 138 valence electrons. The summed E-state index contributed by atoms with van der Waals surface area (Å²) in [5.41, 5.74) is 0.949. The van der Waals surface area contributed by atoms with Gasteiger partial charge in [-0.2, -0.15) is 0 Å². The molecule has 2 aliphatic heterocycles. The summed E-state index contributed by atoms with van der Waals surface area (Å²) >= 11 is 13.0. The van der Waals surface area contributed by atoms with Crippen LogP contribution in [0.2, 0.25) is 0 Å². The first-order chi connectivity index (χ1) is 11.7. The molecule has 0 unspecified atom stereocenters. The Hall–Kier alpha value is -0.440. The number of alkyl halides is 2. The topological polar surface area (TPSA) is 18.5 Å². The molecule has 2 fully saturated rings. The van der Waals surface area contributed by atoms with Gasteiger partial charge in [0.2, 0.25) is 0 Å². The predicted octanol–water partition coefficient (Wildman–Crippen LogP) is 6.30. The van der Waals surface area contributed by atoms with Crippen LogP contribution in [0.25, 0.3) is 0 Å². The van der Waals surface area contributed by atoms with Crippen molar-refractivity contribution in [1.29, 1.82) is 0 Å². The van der Waals surface area contributed by atoms with E-state index < -0.39 is 4.33 Å². The first-order valence-electron chi connectivity index (χ1n) is 9.48. The highest BCUT2D eigenvalue weighted by Crippen LogP contribution is 2.70. The summed E-state index contributed by atoms with van der Waals surface area (Å²) in [5, 5.41) is 0. The number of hydrogen-bond acceptors (Lipinski definition) is 2. The molecule has 0 amide bonds. The van der Waals surface area contributed by atoms with Crippen LogP contribution in [-0.4, -0.2) is 16.0 Å². The van der Waals surface area contributed by atoms with E-state index in [1.54, 1.807) is 0 Å². The molecule has 5 atom stereocenters. The second-order valence-electron chi connectivity index (χ2n) is 8.94. The van der Waals surface area contributed by atoms with Gasteiger partial charge in [0, 0.05) is 22.8 Å². The second kappa shape index (κ2) is 5.78. The molecule has 1 aromatic carbocycles. The highest BCUT2D eigenvalue weighted by Gasteiger charge is 2.69. The molecule has 25 heavy (non-hydrogen) atoms. The van der Waals surface area contributed by atoms with Crippen molar-refractivity contribution < 1.29 is 9.47 Å². The van der Waals surface area contributed by atoms with Crippen LogP contribution in [0, 0.1) is 17.3 Å². The SMILES string of the molecule is C[C@@H]1CC[C@H]2[C@H](O1)c1ccccc1O[C@@]2(C)CC[C@H]1C(C)(C)C1(Cl)Cl. The van der Waals surface area contributed by atoms with Crippen molar-refractivity contribution in [2.75, 3.05) is 0 Å². The molecule has 4 heteroatoms. The average molecular weight is 383 g/mol. The van der Waals surface area contributed by atoms with Gasteiger partial charge in [-0.3, -0.25) is 0 Å². The molecule has 2 nitrogen and oxygen atoms in total. The van der Waals surface area contributed by atoms with Gasteiger partial charge in [0.15, 0.2) is 0 Å². The lowest BCUT2D eigenvalue weighted by molar-refractivity contribution is -0.153. The number of halogens is 2. The molecule has 2 heterocycles. The van der Waals surface area contributed by atoms with Crippen molar-refractivity contribution in [2.24, 2.45) is 17.3 Å². The van der Waals surface area contributed by atoms with Crippen molar-refractivity contribution in [2.45, 2.75) is 75.5 Å². The molecule has 1 aromatic rings. The summed E-state index contributed by atoms with van der Waals surface area (Å²) in [5.74, 6) is 1.67. The zero-order valence-electron chi connectivity index (χ0n) is 15.5. The highest BCUT2D eigenvalue weighted by molar-refractivity contribution is 6.51. The van der Waals surface area contributed by atoms with Crippen LogP contribution in [0.15, 0.2) is 24.3 Å². The second-order valence-corrected chi connectivity index (χ2v) is 10.3. The van der Waals surface area contributed by atoms with Crippen LogP contribution in [0.1, 0.15) is 65.0 Å². The van der Waals surface area contributed by atoms with Gasteiger partial charge in [-0.25, -0.2) is 0 Å². The quantitative estimate of drug-likeness (QED) is 0.570. The standard InChI is InChI=1S/C21H28Cl2O2/c1-13-9-10-15-18(24-13)14-7-5-6-8-16(14)25-20(15,4)12-11-17-19(2,3)21(17,22)23/h5-8,13,15,17-18H,9-12H2,1-4H3/t13-,15+,17+,18-,20+/m1/s1. The zero-order chi connectivity index (χ0) is 18.0. The smallest absolute Gasteiger partial charge is 0.127 e. The molecule has 3 aliphatic rings. The Morgan fingerprint density at radius 3 is 2.48 bits per heavy atom. The van der Waals surface area contributed by atoms with Crippen molar-refractivity contribution in [3.8, 4) is 5.75 Å². The zero-order valence-corrected chi connectivity index (χ0v) is 17.0. The summed E-state index contributed by atoms with van der Waals surface area (Å²) in [6.45, 7) is 8.74. The van der Waals surface area contributed by atoms with Crippen molar-refractivity contribution in [3.05, 3.63) is 29.8 Å². The van der Waals surface area contributed by atoms with Crippen LogP contribution >= 0.6 is 23.2 Å². The minimum absolute atomic E-state index is 0.0178. The fourth-order valence-electron chi connectivity index (χ4n) is 5.00. The Balaban J connectivity index is 1.59. The molecule has 0 spiro atoms. The molecule has 0 bridgehead atoms.